The Hall–Kier alpha value is -2.49. The highest BCUT2D eigenvalue weighted by molar-refractivity contribution is 5.94. The first-order valence-corrected chi connectivity index (χ1v) is 5.50. The minimum atomic E-state index is 0.0417. The Morgan fingerprint density at radius 2 is 1.67 bits per heavy atom. The second-order valence-corrected chi connectivity index (χ2v) is 3.89. The number of ether oxygens (including phenoxy) is 1. The number of amidine groups is 1. The quantitative estimate of drug-likeness (QED) is 0.568. The molecule has 0 fully saturated rings. The molecule has 2 rings (SSSR count). The fourth-order valence-corrected chi connectivity index (χ4v) is 1.49. The lowest BCUT2D eigenvalue weighted by Crippen LogP contribution is -2.10. The van der Waals surface area contributed by atoms with Crippen molar-refractivity contribution in [2.75, 3.05) is 0 Å². The smallest absolute Gasteiger partial charge is 0.122 e. The lowest BCUT2D eigenvalue weighted by Gasteiger charge is -2.07. The van der Waals surface area contributed by atoms with E-state index in [0.717, 1.165) is 5.56 Å². The molecule has 0 aromatic heterocycles. The van der Waals surface area contributed by atoms with Crippen molar-refractivity contribution in [1.82, 2.24) is 0 Å². The Kier molecular flexibility index (Phi) is 3.48. The van der Waals surface area contributed by atoms with Crippen molar-refractivity contribution in [2.24, 2.45) is 5.73 Å². The summed E-state index contributed by atoms with van der Waals surface area (Å²) in [5, 5.41) is 16.4. The number of phenols is 1. The number of benzene rings is 2. The number of rotatable bonds is 4. The molecular weight excluding hydrogens is 228 g/mol. The van der Waals surface area contributed by atoms with Crippen LogP contribution in [-0.2, 0) is 6.61 Å². The minimum absolute atomic E-state index is 0.0417. The van der Waals surface area contributed by atoms with Crippen LogP contribution in [0.4, 0.5) is 0 Å². The van der Waals surface area contributed by atoms with Gasteiger partial charge >= 0.3 is 0 Å². The van der Waals surface area contributed by atoms with E-state index in [1.807, 2.05) is 0 Å². The van der Waals surface area contributed by atoms with E-state index in [1.54, 1.807) is 48.5 Å². The van der Waals surface area contributed by atoms with Gasteiger partial charge in [-0.15, -0.1) is 0 Å². The molecule has 0 unspecified atom stereocenters. The van der Waals surface area contributed by atoms with Crippen LogP contribution in [0.25, 0.3) is 0 Å². The number of hydrogen-bond acceptors (Lipinski definition) is 3. The van der Waals surface area contributed by atoms with Crippen LogP contribution in [0, 0.1) is 5.41 Å². The minimum Gasteiger partial charge on any atom is -0.508 e. The fourth-order valence-electron chi connectivity index (χ4n) is 1.49. The molecular formula is C14H14N2O2. The number of aromatic hydroxyl groups is 1. The number of nitrogens with one attached hydrogen (secondary N) is 1. The third kappa shape index (κ3) is 3.01. The van der Waals surface area contributed by atoms with Crippen molar-refractivity contribution < 1.29 is 9.84 Å². The molecule has 4 heteroatoms. The molecule has 2 aromatic carbocycles. The maximum Gasteiger partial charge on any atom is 0.122 e. The molecule has 0 amide bonds. The van der Waals surface area contributed by atoms with Crippen molar-refractivity contribution in [3.63, 3.8) is 0 Å². The summed E-state index contributed by atoms with van der Waals surface area (Å²) in [7, 11) is 0. The van der Waals surface area contributed by atoms with E-state index in [1.165, 1.54) is 0 Å². The first-order chi connectivity index (χ1) is 8.65. The Morgan fingerprint density at radius 1 is 1.06 bits per heavy atom. The van der Waals surface area contributed by atoms with Crippen LogP contribution < -0.4 is 10.5 Å². The normalized spacial score (nSPS) is 10.0. The predicted octanol–water partition coefficient (Wildman–Crippen LogP) is 2.26. The monoisotopic (exact) mass is 242 g/mol. The summed E-state index contributed by atoms with van der Waals surface area (Å²) < 4.78 is 5.57. The standard InChI is InChI=1S/C14H14N2O2/c15-14(16)11-3-7-13(8-4-11)18-9-10-1-5-12(17)6-2-10/h1-8,17H,9H2,(H3,15,16). The van der Waals surface area contributed by atoms with Gasteiger partial charge in [-0.2, -0.15) is 0 Å². The molecule has 0 saturated heterocycles. The molecule has 18 heavy (non-hydrogen) atoms. The first kappa shape index (κ1) is 12.0. The van der Waals surface area contributed by atoms with Gasteiger partial charge < -0.3 is 15.6 Å². The summed E-state index contributed by atoms with van der Waals surface area (Å²) in [5.41, 5.74) is 7.01. The van der Waals surface area contributed by atoms with Crippen LogP contribution in [0.3, 0.4) is 0 Å². The Labute approximate surface area is 105 Å². The first-order valence-electron chi connectivity index (χ1n) is 5.50. The van der Waals surface area contributed by atoms with E-state index >= 15 is 0 Å². The van der Waals surface area contributed by atoms with Crippen LogP contribution in [0.2, 0.25) is 0 Å². The van der Waals surface area contributed by atoms with Crippen molar-refractivity contribution in [3.8, 4) is 11.5 Å². The molecule has 0 aliphatic rings. The molecule has 92 valence electrons. The van der Waals surface area contributed by atoms with Gasteiger partial charge in [-0.25, -0.2) is 0 Å². The van der Waals surface area contributed by atoms with Gasteiger partial charge in [0.15, 0.2) is 0 Å². The third-order valence-electron chi connectivity index (χ3n) is 2.51. The average Bonchev–Trinajstić information content (AvgIpc) is 2.38. The van der Waals surface area contributed by atoms with E-state index in [-0.39, 0.29) is 11.6 Å². The van der Waals surface area contributed by atoms with E-state index in [2.05, 4.69) is 0 Å². The zero-order valence-electron chi connectivity index (χ0n) is 9.76. The summed E-state index contributed by atoms with van der Waals surface area (Å²) in [4.78, 5) is 0. The Morgan fingerprint density at radius 3 is 2.22 bits per heavy atom. The maximum absolute atomic E-state index is 9.15. The molecule has 0 aliphatic carbocycles. The molecule has 0 spiro atoms. The van der Waals surface area contributed by atoms with Gasteiger partial charge in [0, 0.05) is 5.56 Å². The molecule has 0 heterocycles. The van der Waals surface area contributed by atoms with Gasteiger partial charge in [0.25, 0.3) is 0 Å². The second kappa shape index (κ2) is 5.23. The third-order valence-corrected chi connectivity index (χ3v) is 2.51. The largest absolute Gasteiger partial charge is 0.508 e. The summed E-state index contributed by atoms with van der Waals surface area (Å²) in [6.07, 6.45) is 0. The van der Waals surface area contributed by atoms with Crippen LogP contribution in [0.5, 0.6) is 11.5 Å². The molecule has 0 radical (unpaired) electrons. The SMILES string of the molecule is N=C(N)c1ccc(OCc2ccc(O)cc2)cc1. The van der Waals surface area contributed by atoms with Crippen molar-refractivity contribution in [3.05, 3.63) is 59.7 Å². The van der Waals surface area contributed by atoms with Gasteiger partial charge in [0.2, 0.25) is 0 Å². The van der Waals surface area contributed by atoms with Crippen molar-refractivity contribution in [1.29, 1.82) is 5.41 Å². The van der Waals surface area contributed by atoms with Crippen molar-refractivity contribution >= 4 is 5.84 Å². The molecule has 4 nitrogen and oxygen atoms in total. The van der Waals surface area contributed by atoms with Gasteiger partial charge in [-0.3, -0.25) is 5.41 Å². The molecule has 4 N–H and O–H groups in total. The highest BCUT2D eigenvalue weighted by Crippen LogP contribution is 2.15. The summed E-state index contributed by atoms with van der Waals surface area (Å²) in [6, 6.07) is 13.9. The Balaban J connectivity index is 1.97. The lowest BCUT2D eigenvalue weighted by atomic mass is 10.2. The second-order valence-electron chi connectivity index (χ2n) is 3.89. The molecule has 0 aliphatic heterocycles. The highest BCUT2D eigenvalue weighted by Gasteiger charge is 1.99. The van der Waals surface area contributed by atoms with Gasteiger partial charge in [0.1, 0.15) is 23.9 Å². The predicted molar refractivity (Wildman–Crippen MR) is 69.9 cm³/mol. The topological polar surface area (TPSA) is 79.3 Å². The van der Waals surface area contributed by atoms with E-state index in [9.17, 15) is 0 Å². The zero-order valence-corrected chi connectivity index (χ0v) is 9.76. The molecule has 0 bridgehead atoms. The van der Waals surface area contributed by atoms with Gasteiger partial charge in [-0.1, -0.05) is 12.1 Å². The van der Waals surface area contributed by atoms with Crippen LogP contribution in [-0.4, -0.2) is 10.9 Å². The van der Waals surface area contributed by atoms with Crippen LogP contribution in [0.1, 0.15) is 11.1 Å². The fraction of sp³-hybridized carbons (Fsp3) is 0.0714. The Bertz CT molecular complexity index is 533. The lowest BCUT2D eigenvalue weighted by molar-refractivity contribution is 0.306. The summed E-state index contributed by atoms with van der Waals surface area (Å²) >= 11 is 0. The number of phenolic OH excluding ortho intramolecular Hbond substituents is 1. The number of nitrogen functional groups attached to an aromatic ring is 1. The van der Waals surface area contributed by atoms with Gasteiger partial charge in [-0.05, 0) is 42.0 Å². The van der Waals surface area contributed by atoms with Crippen molar-refractivity contribution in [2.45, 2.75) is 6.61 Å². The molecule has 0 saturated carbocycles. The van der Waals surface area contributed by atoms with E-state index in [0.29, 0.717) is 17.9 Å². The summed E-state index contributed by atoms with van der Waals surface area (Å²) in [6.45, 7) is 0.430. The zero-order chi connectivity index (χ0) is 13.0. The average molecular weight is 242 g/mol. The van der Waals surface area contributed by atoms with Crippen LogP contribution in [0.15, 0.2) is 48.5 Å². The molecule has 0 atom stereocenters. The number of nitrogens with two attached hydrogens (primary N) is 1. The highest BCUT2D eigenvalue weighted by atomic mass is 16.5. The van der Waals surface area contributed by atoms with E-state index in [4.69, 9.17) is 21.0 Å². The van der Waals surface area contributed by atoms with Gasteiger partial charge in [0.05, 0.1) is 0 Å². The maximum atomic E-state index is 9.15. The van der Waals surface area contributed by atoms with Crippen LogP contribution >= 0.6 is 0 Å². The number of hydrogen-bond donors (Lipinski definition) is 3. The van der Waals surface area contributed by atoms with E-state index < -0.39 is 0 Å². The summed E-state index contributed by atoms with van der Waals surface area (Å²) in [5.74, 6) is 0.998. The molecule has 2 aromatic rings.